The Morgan fingerprint density at radius 1 is 1.05 bits per heavy atom. The van der Waals surface area contributed by atoms with Crippen LogP contribution in [0.5, 0.6) is 11.5 Å². The van der Waals surface area contributed by atoms with E-state index in [-0.39, 0.29) is 42.1 Å². The maximum Gasteiger partial charge on any atom is 0.242 e. The highest BCUT2D eigenvalue weighted by atomic mass is 16.5. The Balaban J connectivity index is 1.35. The summed E-state index contributed by atoms with van der Waals surface area (Å²) in [5, 5.41) is 3.05. The molecule has 5 rings (SSSR count). The minimum absolute atomic E-state index is 0.0225. The maximum absolute atomic E-state index is 13.7. The summed E-state index contributed by atoms with van der Waals surface area (Å²) < 4.78 is 13.1. The molecule has 3 aliphatic heterocycles. The van der Waals surface area contributed by atoms with E-state index in [1.807, 2.05) is 11.0 Å². The predicted octanol–water partition coefficient (Wildman–Crippen LogP) is 2.44. The molecule has 216 valence electrons. The molecule has 2 fully saturated rings. The molecule has 10 heteroatoms. The van der Waals surface area contributed by atoms with E-state index in [2.05, 4.69) is 21.3 Å². The molecule has 3 amide bonds. The first-order valence-corrected chi connectivity index (χ1v) is 14.5. The Labute approximate surface area is 236 Å². The molecule has 4 heterocycles. The minimum Gasteiger partial charge on any atom is -0.493 e. The van der Waals surface area contributed by atoms with Crippen LogP contribution in [0.1, 0.15) is 49.7 Å². The fourth-order valence-electron chi connectivity index (χ4n) is 6.74. The summed E-state index contributed by atoms with van der Waals surface area (Å²) in [6, 6.07) is 4.09. The number of aromatic nitrogens is 2. The molecule has 0 aliphatic carbocycles. The van der Waals surface area contributed by atoms with Crippen LogP contribution in [0, 0.1) is 11.8 Å². The van der Waals surface area contributed by atoms with Crippen LogP contribution in [-0.2, 0) is 33.8 Å². The molecule has 10 nitrogen and oxygen atoms in total. The average molecular weight is 552 g/mol. The molecule has 0 saturated carbocycles. The van der Waals surface area contributed by atoms with Crippen LogP contribution in [-0.4, -0.2) is 83.5 Å². The number of hydrogen-bond acceptors (Lipinski definition) is 6. The summed E-state index contributed by atoms with van der Waals surface area (Å²) in [6.07, 6.45) is 10.6. The van der Waals surface area contributed by atoms with Crippen molar-refractivity contribution in [2.24, 2.45) is 11.8 Å². The number of nitrogens with zero attached hydrogens (tertiary/aromatic N) is 4. The topological polar surface area (TPSA) is 106 Å². The van der Waals surface area contributed by atoms with Gasteiger partial charge >= 0.3 is 0 Å². The quantitative estimate of drug-likeness (QED) is 0.626. The third-order valence-corrected chi connectivity index (χ3v) is 8.61. The van der Waals surface area contributed by atoms with Crippen LogP contribution in [0.15, 0.2) is 30.9 Å². The van der Waals surface area contributed by atoms with Crippen molar-refractivity contribution < 1.29 is 23.9 Å². The number of carbonyl (C=O) groups excluding carboxylic acids is 3. The second-order valence-electron chi connectivity index (χ2n) is 11.3. The highest BCUT2D eigenvalue weighted by Crippen LogP contribution is 2.37. The van der Waals surface area contributed by atoms with Crippen molar-refractivity contribution >= 4 is 17.7 Å². The van der Waals surface area contributed by atoms with Crippen molar-refractivity contribution in [3.8, 4) is 11.5 Å². The number of piperidine rings is 2. The van der Waals surface area contributed by atoms with Crippen LogP contribution in [0.3, 0.4) is 0 Å². The monoisotopic (exact) mass is 551 g/mol. The first-order valence-electron chi connectivity index (χ1n) is 14.5. The van der Waals surface area contributed by atoms with Gasteiger partial charge in [0.05, 0.1) is 20.5 Å². The number of methoxy groups -OCH3 is 2. The summed E-state index contributed by atoms with van der Waals surface area (Å²) in [5.74, 6) is 2.11. The molecule has 3 aliphatic rings. The molecule has 0 unspecified atom stereocenters. The third-order valence-electron chi connectivity index (χ3n) is 8.61. The lowest BCUT2D eigenvalue weighted by Gasteiger charge is -2.51. The summed E-state index contributed by atoms with van der Waals surface area (Å²) in [7, 11) is 3.27. The van der Waals surface area contributed by atoms with Gasteiger partial charge in [0.1, 0.15) is 6.54 Å². The molecule has 2 saturated heterocycles. The first-order chi connectivity index (χ1) is 19.4. The maximum atomic E-state index is 13.7. The van der Waals surface area contributed by atoms with Crippen LogP contribution in [0.4, 0.5) is 0 Å². The molecule has 1 aromatic carbocycles. The van der Waals surface area contributed by atoms with Crippen molar-refractivity contribution in [2.75, 3.05) is 40.4 Å². The zero-order valence-corrected chi connectivity index (χ0v) is 23.6. The fraction of sp³-hybridized carbons (Fsp3) is 0.600. The van der Waals surface area contributed by atoms with E-state index in [1.165, 1.54) is 0 Å². The van der Waals surface area contributed by atoms with Crippen LogP contribution in [0.2, 0.25) is 0 Å². The number of nitrogens with one attached hydrogen (secondary N) is 1. The van der Waals surface area contributed by atoms with E-state index in [0.717, 1.165) is 36.8 Å². The third kappa shape index (κ3) is 6.42. The molecule has 3 atom stereocenters. The number of rotatable bonds is 4. The number of imidazole rings is 1. The lowest BCUT2D eigenvalue weighted by Crippen LogP contribution is -2.60. The molecular formula is C30H41N5O5. The number of fused-ring (bicyclic) bond motifs is 6. The standard InChI is InChI=1S/C30H41N5O5/c1-39-26-15-21-8-9-28(37)35-17-22-14-24(18-34(16-22)29(38)19-33-12-11-31-20-33)25(35)6-3-7-27(36)32-10-4-5-23(13-21)30(26)40-2/h11-13,15,20,22,24-25H,3-10,14,16-19H2,1-2H3,(H,32,36)/t22-,24-,25-/m0/s1. The van der Waals surface area contributed by atoms with Gasteiger partial charge in [0.15, 0.2) is 11.5 Å². The second kappa shape index (κ2) is 12.7. The number of ether oxygens (including phenoxy) is 2. The smallest absolute Gasteiger partial charge is 0.242 e. The van der Waals surface area contributed by atoms with Gasteiger partial charge in [0, 0.05) is 57.5 Å². The van der Waals surface area contributed by atoms with Gasteiger partial charge in [0.2, 0.25) is 17.7 Å². The number of aryl methyl sites for hydroxylation is 2. The fourth-order valence-corrected chi connectivity index (χ4v) is 6.74. The van der Waals surface area contributed by atoms with E-state index in [4.69, 9.17) is 9.47 Å². The predicted molar refractivity (Wildman–Crippen MR) is 149 cm³/mol. The van der Waals surface area contributed by atoms with Gasteiger partial charge < -0.3 is 29.2 Å². The summed E-state index contributed by atoms with van der Waals surface area (Å²) in [4.78, 5) is 47.5. The van der Waals surface area contributed by atoms with Gasteiger partial charge in [-0.1, -0.05) is 6.07 Å². The zero-order valence-electron chi connectivity index (χ0n) is 23.6. The number of likely N-dealkylation sites (tertiary alicyclic amines) is 1. The van der Waals surface area contributed by atoms with Crippen molar-refractivity contribution in [3.05, 3.63) is 42.0 Å². The van der Waals surface area contributed by atoms with Gasteiger partial charge in [-0.15, -0.1) is 0 Å². The summed E-state index contributed by atoms with van der Waals surface area (Å²) in [6.45, 7) is 2.84. The van der Waals surface area contributed by atoms with E-state index in [0.29, 0.717) is 63.4 Å². The van der Waals surface area contributed by atoms with Crippen LogP contribution < -0.4 is 14.8 Å². The van der Waals surface area contributed by atoms with E-state index < -0.39 is 0 Å². The largest absolute Gasteiger partial charge is 0.493 e. The molecule has 4 bridgehead atoms. The van der Waals surface area contributed by atoms with Crippen molar-refractivity contribution in [1.29, 1.82) is 0 Å². The second-order valence-corrected chi connectivity index (χ2v) is 11.3. The molecule has 40 heavy (non-hydrogen) atoms. The molecule has 0 radical (unpaired) electrons. The van der Waals surface area contributed by atoms with Crippen molar-refractivity contribution in [2.45, 2.75) is 64.0 Å². The Morgan fingerprint density at radius 3 is 2.70 bits per heavy atom. The molecular weight excluding hydrogens is 510 g/mol. The zero-order chi connectivity index (χ0) is 28.1. The lowest BCUT2D eigenvalue weighted by molar-refractivity contribution is -0.145. The highest BCUT2D eigenvalue weighted by Gasteiger charge is 2.43. The summed E-state index contributed by atoms with van der Waals surface area (Å²) >= 11 is 0. The van der Waals surface area contributed by atoms with Crippen LogP contribution in [0.25, 0.3) is 0 Å². The van der Waals surface area contributed by atoms with Gasteiger partial charge in [-0.3, -0.25) is 14.4 Å². The number of amides is 3. The Kier molecular flexibility index (Phi) is 8.91. The molecule has 0 spiro atoms. The molecule has 1 aromatic heterocycles. The highest BCUT2D eigenvalue weighted by molar-refractivity contribution is 5.78. The molecule has 2 aromatic rings. The molecule has 1 N–H and O–H groups in total. The number of benzene rings is 1. The van der Waals surface area contributed by atoms with Gasteiger partial charge in [-0.25, -0.2) is 4.98 Å². The van der Waals surface area contributed by atoms with Crippen molar-refractivity contribution in [3.63, 3.8) is 0 Å². The van der Waals surface area contributed by atoms with Gasteiger partial charge in [-0.05, 0) is 67.6 Å². The van der Waals surface area contributed by atoms with E-state index >= 15 is 0 Å². The lowest BCUT2D eigenvalue weighted by atomic mass is 9.77. The minimum atomic E-state index is 0.0225. The van der Waals surface area contributed by atoms with Gasteiger partial charge in [-0.2, -0.15) is 0 Å². The van der Waals surface area contributed by atoms with E-state index in [1.54, 1.807) is 37.5 Å². The Hall–Kier alpha value is -3.56. The Morgan fingerprint density at radius 2 is 1.93 bits per heavy atom. The van der Waals surface area contributed by atoms with E-state index in [9.17, 15) is 14.4 Å². The number of carbonyl (C=O) groups is 3. The first kappa shape index (κ1) is 28.0. The summed E-state index contributed by atoms with van der Waals surface area (Å²) in [5.41, 5.74) is 2.07. The normalized spacial score (nSPS) is 24.2. The van der Waals surface area contributed by atoms with Crippen molar-refractivity contribution in [1.82, 2.24) is 24.7 Å². The van der Waals surface area contributed by atoms with Gasteiger partial charge in [0.25, 0.3) is 0 Å². The SMILES string of the molecule is COc1cc2cc(c1OC)CCCNC(=O)CCC[C@H]1[C@H]3C[C@@H](CN(C(=O)Cn4ccnc4)C3)CN1C(=O)CC2. The Bertz CT molecular complexity index is 1200. The van der Waals surface area contributed by atoms with Crippen LogP contribution >= 0.6 is 0 Å². The number of hydrogen-bond donors (Lipinski definition) is 1. The average Bonchev–Trinajstić information content (AvgIpc) is 3.47.